The number of carbonyl (C=O) groups excluding carboxylic acids is 2. The van der Waals surface area contributed by atoms with E-state index in [1.807, 2.05) is 66.5 Å². The van der Waals surface area contributed by atoms with E-state index in [-0.39, 0.29) is 6.42 Å². The fourth-order valence-electron chi connectivity index (χ4n) is 3.83. The van der Waals surface area contributed by atoms with Gasteiger partial charge < -0.3 is 14.4 Å². The molecule has 2 aromatic rings. The van der Waals surface area contributed by atoms with Crippen molar-refractivity contribution in [2.75, 3.05) is 26.2 Å². The smallest absolute Gasteiger partial charge is 0.326 e. The Balaban J connectivity index is 2.28. The average Bonchev–Trinajstić information content (AvgIpc) is 2.67. The van der Waals surface area contributed by atoms with Gasteiger partial charge in [0, 0.05) is 19.2 Å². The predicted octanol–water partition coefficient (Wildman–Crippen LogP) is 2.75. The van der Waals surface area contributed by atoms with Crippen molar-refractivity contribution in [1.29, 1.82) is 0 Å². The van der Waals surface area contributed by atoms with E-state index in [1.165, 1.54) is 14.2 Å². The maximum absolute atomic E-state index is 12.9. The van der Waals surface area contributed by atoms with Crippen molar-refractivity contribution < 1.29 is 19.1 Å². The van der Waals surface area contributed by atoms with Gasteiger partial charge in [0.1, 0.15) is 0 Å². The van der Waals surface area contributed by atoms with Crippen molar-refractivity contribution >= 4 is 17.6 Å². The number of ether oxygens (including phenoxy) is 2. The maximum atomic E-state index is 12.9. The lowest BCUT2D eigenvalue weighted by atomic mass is 9.69. The molecular weight excluding hydrogens is 318 g/mol. The zero-order valence-corrected chi connectivity index (χ0v) is 14.6. The molecule has 2 aromatic carbocycles. The van der Waals surface area contributed by atoms with E-state index in [9.17, 15) is 9.59 Å². The van der Waals surface area contributed by atoms with Gasteiger partial charge in [-0.3, -0.25) is 9.59 Å². The number of carbonyl (C=O) groups is 2. The number of rotatable bonds is 3. The Morgan fingerprint density at radius 2 is 1.52 bits per heavy atom. The summed E-state index contributed by atoms with van der Waals surface area (Å²) < 4.78 is 10.1. The Kier molecular flexibility index (Phi) is 4.49. The van der Waals surface area contributed by atoms with Crippen molar-refractivity contribution in [2.45, 2.75) is 12.5 Å². The van der Waals surface area contributed by atoms with Crippen LogP contribution < -0.4 is 4.90 Å². The monoisotopic (exact) mass is 339 g/mol. The molecule has 1 aliphatic rings. The minimum absolute atomic E-state index is 0.229. The van der Waals surface area contributed by atoms with Gasteiger partial charge in [0.15, 0.2) is 5.41 Å². The Morgan fingerprint density at radius 3 is 2.12 bits per heavy atom. The Bertz CT molecular complexity index is 771. The van der Waals surface area contributed by atoms with Gasteiger partial charge >= 0.3 is 11.9 Å². The van der Waals surface area contributed by atoms with Gasteiger partial charge in [-0.2, -0.15) is 0 Å². The first kappa shape index (κ1) is 17.0. The summed E-state index contributed by atoms with van der Waals surface area (Å²) in [5.74, 6) is -1.18. The van der Waals surface area contributed by atoms with Crippen LogP contribution >= 0.6 is 0 Å². The molecular formula is C20H21NO4. The van der Waals surface area contributed by atoms with Crippen LogP contribution in [-0.4, -0.2) is 33.2 Å². The van der Waals surface area contributed by atoms with Gasteiger partial charge in [0.05, 0.1) is 20.3 Å². The molecule has 0 aliphatic carbocycles. The highest BCUT2D eigenvalue weighted by atomic mass is 16.5. The lowest BCUT2D eigenvalue weighted by Crippen LogP contribution is -2.55. The summed E-state index contributed by atoms with van der Waals surface area (Å²) in [5, 5.41) is 0. The number of esters is 2. The third-order valence-electron chi connectivity index (χ3n) is 4.91. The summed E-state index contributed by atoms with van der Waals surface area (Å²) in [4.78, 5) is 27.7. The van der Waals surface area contributed by atoms with Gasteiger partial charge in [-0.25, -0.2) is 0 Å². The summed E-state index contributed by atoms with van der Waals surface area (Å²) in [6.45, 7) is 0. The van der Waals surface area contributed by atoms with Crippen LogP contribution in [0, 0.1) is 5.41 Å². The van der Waals surface area contributed by atoms with Crippen molar-refractivity contribution in [2.24, 2.45) is 5.41 Å². The SMILES string of the molecule is COC(=O)C1(C(=O)OC)Cc2ccccc2N(C)[C@@H]1c1ccccc1. The van der Waals surface area contributed by atoms with Gasteiger partial charge in [-0.1, -0.05) is 48.5 Å². The Morgan fingerprint density at radius 1 is 0.960 bits per heavy atom. The van der Waals surface area contributed by atoms with E-state index in [2.05, 4.69) is 0 Å². The third-order valence-corrected chi connectivity index (χ3v) is 4.91. The van der Waals surface area contributed by atoms with Crippen LogP contribution in [0.15, 0.2) is 54.6 Å². The molecule has 1 aliphatic heterocycles. The molecule has 0 radical (unpaired) electrons. The first-order valence-corrected chi connectivity index (χ1v) is 8.08. The van der Waals surface area contributed by atoms with Crippen LogP contribution in [-0.2, 0) is 25.5 Å². The molecule has 0 amide bonds. The minimum atomic E-state index is -1.46. The lowest BCUT2D eigenvalue weighted by Gasteiger charge is -2.46. The van der Waals surface area contributed by atoms with Crippen molar-refractivity contribution in [1.82, 2.24) is 0 Å². The maximum Gasteiger partial charge on any atom is 0.326 e. The van der Waals surface area contributed by atoms with Crippen molar-refractivity contribution in [3.05, 3.63) is 65.7 Å². The first-order chi connectivity index (χ1) is 12.1. The van der Waals surface area contributed by atoms with Gasteiger partial charge in [-0.05, 0) is 17.2 Å². The molecule has 25 heavy (non-hydrogen) atoms. The standard InChI is InChI=1S/C20H21NO4/c1-21-16-12-8-7-11-15(16)13-20(18(22)24-2,19(23)25-3)17(21)14-9-5-4-6-10-14/h4-12,17H,13H2,1-3H3/t17-/m1/s1. The van der Waals surface area contributed by atoms with Gasteiger partial charge in [-0.15, -0.1) is 0 Å². The largest absolute Gasteiger partial charge is 0.468 e. The molecule has 3 rings (SSSR count). The quantitative estimate of drug-likeness (QED) is 0.636. The van der Waals surface area contributed by atoms with Crippen LogP contribution in [0.5, 0.6) is 0 Å². The molecule has 130 valence electrons. The molecule has 5 heteroatoms. The Hall–Kier alpha value is -2.82. The predicted molar refractivity (Wildman–Crippen MR) is 94.2 cm³/mol. The lowest BCUT2D eigenvalue weighted by molar-refractivity contribution is -0.171. The number of para-hydroxylation sites is 1. The molecule has 0 N–H and O–H groups in total. The summed E-state index contributed by atoms with van der Waals surface area (Å²) in [5.41, 5.74) is 1.29. The molecule has 5 nitrogen and oxygen atoms in total. The normalized spacial score (nSPS) is 18.2. The molecule has 0 aromatic heterocycles. The summed E-state index contributed by atoms with van der Waals surface area (Å²) in [6.07, 6.45) is 0.229. The number of benzene rings is 2. The fraction of sp³-hybridized carbons (Fsp3) is 0.300. The van der Waals surface area contributed by atoms with E-state index >= 15 is 0 Å². The number of hydrogen-bond donors (Lipinski definition) is 0. The molecule has 1 atom stereocenters. The van der Waals surface area contributed by atoms with Crippen molar-refractivity contribution in [3.8, 4) is 0 Å². The van der Waals surface area contributed by atoms with Crippen molar-refractivity contribution in [3.63, 3.8) is 0 Å². The average molecular weight is 339 g/mol. The molecule has 0 unspecified atom stereocenters. The van der Waals surface area contributed by atoms with Crippen LogP contribution in [0.4, 0.5) is 5.69 Å². The molecule has 0 spiro atoms. The van der Waals surface area contributed by atoms with Gasteiger partial charge in [0.2, 0.25) is 0 Å². The number of methoxy groups -OCH3 is 2. The van der Waals surface area contributed by atoms with Crippen LogP contribution in [0.25, 0.3) is 0 Å². The minimum Gasteiger partial charge on any atom is -0.468 e. The Labute approximate surface area is 147 Å². The summed E-state index contributed by atoms with van der Waals surface area (Å²) in [6, 6.07) is 16.7. The first-order valence-electron chi connectivity index (χ1n) is 8.08. The van der Waals surface area contributed by atoms with Crippen LogP contribution in [0.1, 0.15) is 17.2 Å². The highest BCUT2D eigenvalue weighted by Crippen LogP contribution is 2.50. The van der Waals surface area contributed by atoms with E-state index in [4.69, 9.17) is 9.47 Å². The second kappa shape index (κ2) is 6.59. The van der Waals surface area contributed by atoms with E-state index < -0.39 is 23.4 Å². The number of hydrogen-bond acceptors (Lipinski definition) is 5. The zero-order chi connectivity index (χ0) is 18.0. The number of nitrogens with zero attached hydrogens (tertiary/aromatic N) is 1. The summed E-state index contributed by atoms with van der Waals surface area (Å²) in [7, 11) is 4.49. The molecule has 0 saturated heterocycles. The van der Waals surface area contributed by atoms with Crippen LogP contribution in [0.3, 0.4) is 0 Å². The second-order valence-electron chi connectivity index (χ2n) is 6.18. The van der Waals surface area contributed by atoms with E-state index in [0.717, 1.165) is 16.8 Å². The highest BCUT2D eigenvalue weighted by molar-refractivity contribution is 6.03. The van der Waals surface area contributed by atoms with E-state index in [0.29, 0.717) is 0 Å². The summed E-state index contributed by atoms with van der Waals surface area (Å²) >= 11 is 0. The zero-order valence-electron chi connectivity index (χ0n) is 14.6. The number of fused-ring (bicyclic) bond motifs is 1. The van der Waals surface area contributed by atoms with Crippen LogP contribution in [0.2, 0.25) is 0 Å². The second-order valence-corrected chi connectivity index (χ2v) is 6.18. The highest BCUT2D eigenvalue weighted by Gasteiger charge is 2.59. The number of anilines is 1. The molecule has 0 saturated carbocycles. The fourth-order valence-corrected chi connectivity index (χ4v) is 3.83. The molecule has 1 heterocycles. The van der Waals surface area contributed by atoms with E-state index in [1.54, 1.807) is 0 Å². The third kappa shape index (κ3) is 2.56. The van der Waals surface area contributed by atoms with Gasteiger partial charge in [0.25, 0.3) is 0 Å². The molecule has 0 fully saturated rings. The topological polar surface area (TPSA) is 55.8 Å². The molecule has 0 bridgehead atoms.